The Morgan fingerprint density at radius 1 is 1.08 bits per heavy atom. The van der Waals surface area contributed by atoms with E-state index in [2.05, 4.69) is 10.1 Å². The number of carbonyl (C=O) groups excluding carboxylic acids is 1. The largest absolute Gasteiger partial charge is 0.502 e. The van der Waals surface area contributed by atoms with Crippen LogP contribution in [0.4, 0.5) is 5.13 Å². The van der Waals surface area contributed by atoms with Gasteiger partial charge in [-0.3, -0.25) is 4.79 Å². The van der Waals surface area contributed by atoms with Gasteiger partial charge in [0.05, 0.1) is 35.7 Å². The van der Waals surface area contributed by atoms with Gasteiger partial charge in [-0.25, -0.2) is 4.98 Å². The van der Waals surface area contributed by atoms with Crippen molar-refractivity contribution >= 4 is 67.7 Å². The quantitative estimate of drug-likeness (QED) is 0.221. The standard InChI is InChI=1S/C26H20ClN3O4S2/c1-33-21-12-15(13-22(34-2)24(21)31)11-18-20(14-35-17-9-7-16(27)8-10-17)29-30(25(18)32)26-28-19-5-3-4-6-23(19)36-26/h3-13,31H,14H2,1-2H3/b18-11-. The number of nitrogens with zero attached hydrogens (tertiary/aromatic N) is 3. The fourth-order valence-corrected chi connectivity index (χ4v) is 5.52. The Morgan fingerprint density at radius 3 is 2.44 bits per heavy atom. The number of thiazole rings is 1. The molecule has 0 spiro atoms. The van der Waals surface area contributed by atoms with Crippen molar-refractivity contribution in [2.24, 2.45) is 5.10 Å². The average molecular weight is 538 g/mol. The molecule has 1 aromatic heterocycles. The molecule has 0 radical (unpaired) electrons. The first kappa shape index (κ1) is 24.2. The second-order valence-electron chi connectivity index (χ2n) is 7.70. The Labute approximate surface area is 220 Å². The predicted molar refractivity (Wildman–Crippen MR) is 146 cm³/mol. The zero-order valence-electron chi connectivity index (χ0n) is 19.3. The third-order valence-corrected chi connectivity index (χ3v) is 7.71. The Hall–Kier alpha value is -3.53. The number of aromatic nitrogens is 1. The predicted octanol–water partition coefficient (Wildman–Crippen LogP) is 6.25. The zero-order valence-corrected chi connectivity index (χ0v) is 21.7. The van der Waals surface area contributed by atoms with E-state index in [1.807, 2.05) is 48.5 Å². The Bertz CT molecular complexity index is 1460. The number of ether oxygens (including phenoxy) is 2. The third-order valence-electron chi connectivity index (χ3n) is 5.42. The fraction of sp³-hybridized carbons (Fsp3) is 0.115. The van der Waals surface area contributed by atoms with Crippen LogP contribution in [0, 0.1) is 0 Å². The lowest BCUT2D eigenvalue weighted by atomic mass is 10.1. The molecule has 1 amide bonds. The van der Waals surface area contributed by atoms with Crippen molar-refractivity contribution in [1.29, 1.82) is 0 Å². The molecule has 0 aliphatic carbocycles. The number of halogens is 1. The van der Waals surface area contributed by atoms with Crippen molar-refractivity contribution in [3.63, 3.8) is 0 Å². The topological polar surface area (TPSA) is 84.2 Å². The van der Waals surface area contributed by atoms with Gasteiger partial charge in [0.25, 0.3) is 5.91 Å². The summed E-state index contributed by atoms with van der Waals surface area (Å²) in [5, 5.41) is 17.5. The summed E-state index contributed by atoms with van der Waals surface area (Å²) in [6, 6.07) is 18.5. The van der Waals surface area contributed by atoms with Gasteiger partial charge in [0.2, 0.25) is 10.9 Å². The van der Waals surface area contributed by atoms with Crippen LogP contribution in [-0.4, -0.2) is 41.7 Å². The Balaban J connectivity index is 1.54. The van der Waals surface area contributed by atoms with E-state index in [4.69, 9.17) is 21.1 Å². The van der Waals surface area contributed by atoms with E-state index in [-0.39, 0.29) is 23.2 Å². The van der Waals surface area contributed by atoms with E-state index in [1.54, 1.807) is 30.0 Å². The number of methoxy groups -OCH3 is 2. The van der Waals surface area contributed by atoms with Crippen molar-refractivity contribution < 1.29 is 19.4 Å². The summed E-state index contributed by atoms with van der Waals surface area (Å²) in [7, 11) is 2.91. The third kappa shape index (κ3) is 4.77. The lowest BCUT2D eigenvalue weighted by Gasteiger charge is -2.10. The summed E-state index contributed by atoms with van der Waals surface area (Å²) in [5.74, 6) is 0.537. The number of aromatic hydroxyl groups is 1. The fourth-order valence-electron chi connectivity index (χ4n) is 3.64. The second-order valence-corrected chi connectivity index (χ2v) is 10.2. The lowest BCUT2D eigenvalue weighted by molar-refractivity contribution is -0.114. The molecule has 5 rings (SSSR count). The van der Waals surface area contributed by atoms with E-state index in [0.717, 1.165) is 15.1 Å². The normalized spacial score (nSPS) is 14.5. The number of benzene rings is 3. The SMILES string of the molecule is COc1cc(/C=C2\C(=O)N(c3nc4ccccc4s3)N=C2CSc2ccc(Cl)cc2)cc(OC)c1O. The highest BCUT2D eigenvalue weighted by atomic mass is 35.5. The minimum atomic E-state index is -0.285. The lowest BCUT2D eigenvalue weighted by Crippen LogP contribution is -2.21. The summed E-state index contributed by atoms with van der Waals surface area (Å²) in [6.07, 6.45) is 1.72. The van der Waals surface area contributed by atoms with Crippen LogP contribution in [-0.2, 0) is 4.79 Å². The van der Waals surface area contributed by atoms with Crippen LogP contribution in [0.5, 0.6) is 17.2 Å². The van der Waals surface area contributed by atoms with Crippen LogP contribution in [0.3, 0.4) is 0 Å². The van der Waals surface area contributed by atoms with Crippen molar-refractivity contribution in [3.05, 3.63) is 76.8 Å². The number of amides is 1. The Kier molecular flexibility index (Phi) is 6.86. The maximum atomic E-state index is 13.6. The number of hydrogen-bond donors (Lipinski definition) is 1. The Morgan fingerprint density at radius 2 is 1.78 bits per heavy atom. The molecule has 1 aliphatic heterocycles. The van der Waals surface area contributed by atoms with Gasteiger partial charge < -0.3 is 14.6 Å². The van der Waals surface area contributed by atoms with Crippen molar-refractivity contribution in [1.82, 2.24) is 4.98 Å². The van der Waals surface area contributed by atoms with Gasteiger partial charge in [0.15, 0.2) is 11.5 Å². The monoisotopic (exact) mass is 537 g/mol. The molecule has 0 bridgehead atoms. The molecule has 0 fully saturated rings. The van der Waals surface area contributed by atoms with E-state index in [9.17, 15) is 9.90 Å². The molecule has 0 saturated heterocycles. The maximum Gasteiger partial charge on any atom is 0.282 e. The highest BCUT2D eigenvalue weighted by Gasteiger charge is 2.33. The molecule has 7 nitrogen and oxygen atoms in total. The number of phenolic OH excluding ortho intramolecular Hbond substituents is 1. The number of anilines is 1. The van der Waals surface area contributed by atoms with Gasteiger partial charge in [-0.2, -0.15) is 10.1 Å². The molecule has 36 heavy (non-hydrogen) atoms. The summed E-state index contributed by atoms with van der Waals surface area (Å²) >= 11 is 8.97. The first-order valence-corrected chi connectivity index (χ1v) is 13.0. The molecule has 3 aromatic carbocycles. The van der Waals surface area contributed by atoms with Crippen LogP contribution < -0.4 is 14.5 Å². The minimum absolute atomic E-state index is 0.108. The first-order chi connectivity index (χ1) is 17.5. The molecule has 4 aromatic rings. The molecule has 0 saturated carbocycles. The van der Waals surface area contributed by atoms with Crippen molar-refractivity contribution in [2.45, 2.75) is 4.90 Å². The molecule has 1 N–H and O–H groups in total. The molecule has 1 aliphatic rings. The number of hydrogen-bond acceptors (Lipinski definition) is 8. The van der Waals surface area contributed by atoms with Crippen molar-refractivity contribution in [2.75, 3.05) is 25.0 Å². The molecular weight excluding hydrogens is 518 g/mol. The van der Waals surface area contributed by atoms with Crippen molar-refractivity contribution in [3.8, 4) is 17.2 Å². The van der Waals surface area contributed by atoms with Crippen LogP contribution in [0.15, 0.2) is 76.2 Å². The van der Waals surface area contributed by atoms with Gasteiger partial charge in [0.1, 0.15) is 0 Å². The molecule has 0 unspecified atom stereocenters. The molecule has 0 atom stereocenters. The summed E-state index contributed by atoms with van der Waals surface area (Å²) in [4.78, 5) is 19.2. The van der Waals surface area contributed by atoms with Gasteiger partial charge in [0, 0.05) is 15.7 Å². The van der Waals surface area contributed by atoms with Gasteiger partial charge in [-0.1, -0.05) is 35.1 Å². The molecule has 10 heteroatoms. The number of para-hydroxylation sites is 1. The molecule has 182 valence electrons. The van der Waals surface area contributed by atoms with E-state index in [0.29, 0.717) is 32.8 Å². The van der Waals surface area contributed by atoms with Gasteiger partial charge >= 0.3 is 0 Å². The number of fused-ring (bicyclic) bond motifs is 1. The summed E-state index contributed by atoms with van der Waals surface area (Å²) in [6.45, 7) is 0. The number of phenols is 1. The molecule has 2 heterocycles. The average Bonchev–Trinajstić information content (AvgIpc) is 3.45. The number of hydrazone groups is 1. The zero-order chi connectivity index (χ0) is 25.2. The van der Waals surface area contributed by atoms with Crippen LogP contribution in [0.1, 0.15) is 5.56 Å². The summed E-state index contributed by atoms with van der Waals surface area (Å²) in [5.41, 5.74) is 2.46. The van der Waals surface area contributed by atoms with E-state index in [1.165, 1.54) is 30.6 Å². The van der Waals surface area contributed by atoms with E-state index >= 15 is 0 Å². The summed E-state index contributed by atoms with van der Waals surface area (Å²) < 4.78 is 11.5. The van der Waals surface area contributed by atoms with Crippen LogP contribution in [0.25, 0.3) is 16.3 Å². The van der Waals surface area contributed by atoms with Gasteiger partial charge in [-0.05, 0) is 60.2 Å². The van der Waals surface area contributed by atoms with Gasteiger partial charge in [-0.15, -0.1) is 11.8 Å². The number of rotatable bonds is 7. The van der Waals surface area contributed by atoms with Crippen LogP contribution in [0.2, 0.25) is 5.02 Å². The minimum Gasteiger partial charge on any atom is -0.502 e. The highest BCUT2D eigenvalue weighted by Crippen LogP contribution is 2.39. The van der Waals surface area contributed by atoms with Crippen LogP contribution >= 0.6 is 34.7 Å². The number of carbonyl (C=O) groups is 1. The molecular formula is C26H20ClN3O4S2. The smallest absolute Gasteiger partial charge is 0.282 e. The number of thioether (sulfide) groups is 1. The maximum absolute atomic E-state index is 13.6. The second kappa shape index (κ2) is 10.2. The van der Waals surface area contributed by atoms with E-state index < -0.39 is 0 Å². The highest BCUT2D eigenvalue weighted by molar-refractivity contribution is 8.00. The first-order valence-electron chi connectivity index (χ1n) is 10.8.